The van der Waals surface area contributed by atoms with Crippen LogP contribution in [0, 0.1) is 0 Å². The Balaban J connectivity index is 1.98. The van der Waals surface area contributed by atoms with E-state index in [1.165, 1.54) is 21.7 Å². The van der Waals surface area contributed by atoms with Gasteiger partial charge in [-0.15, -0.1) is 0 Å². The van der Waals surface area contributed by atoms with Crippen LogP contribution in [0.4, 0.5) is 5.69 Å². The summed E-state index contributed by atoms with van der Waals surface area (Å²) in [4.78, 5) is 26.1. The number of anilines is 1. The summed E-state index contributed by atoms with van der Waals surface area (Å²) in [6, 6.07) is 21.1. The van der Waals surface area contributed by atoms with Gasteiger partial charge in [-0.05, 0) is 30.3 Å². The van der Waals surface area contributed by atoms with Crippen LogP contribution in [0.25, 0.3) is 5.69 Å². The average molecular weight is 305 g/mol. The molecule has 1 amide bonds. The molecule has 5 heteroatoms. The molecule has 0 aliphatic carbocycles. The van der Waals surface area contributed by atoms with Gasteiger partial charge < -0.3 is 4.90 Å². The lowest BCUT2D eigenvalue weighted by Gasteiger charge is -2.17. The normalized spacial score (nSPS) is 10.3. The van der Waals surface area contributed by atoms with Gasteiger partial charge in [0.25, 0.3) is 11.5 Å². The standard InChI is InChI=1S/C18H15N3O2/c1-20(14-8-4-2-5-9-14)18(23)16-12-13-17(22)21(19-16)15-10-6-3-7-11-15/h2-13H,1H3. The Morgan fingerprint density at radius 1 is 0.913 bits per heavy atom. The third kappa shape index (κ3) is 3.03. The highest BCUT2D eigenvalue weighted by Crippen LogP contribution is 2.13. The van der Waals surface area contributed by atoms with E-state index in [1.54, 1.807) is 19.2 Å². The lowest BCUT2D eigenvalue weighted by atomic mass is 10.2. The topological polar surface area (TPSA) is 55.2 Å². The molecule has 0 aliphatic rings. The van der Waals surface area contributed by atoms with Crippen LogP contribution in [-0.2, 0) is 0 Å². The molecule has 0 radical (unpaired) electrons. The van der Waals surface area contributed by atoms with Crippen LogP contribution in [0.15, 0.2) is 77.6 Å². The molecule has 0 spiro atoms. The number of rotatable bonds is 3. The Morgan fingerprint density at radius 2 is 1.52 bits per heavy atom. The molecule has 5 nitrogen and oxygen atoms in total. The van der Waals surface area contributed by atoms with E-state index >= 15 is 0 Å². The van der Waals surface area contributed by atoms with E-state index in [0.717, 1.165) is 5.69 Å². The second-order valence-corrected chi connectivity index (χ2v) is 5.00. The Labute approximate surface area is 133 Å². The fraction of sp³-hybridized carbons (Fsp3) is 0.0556. The third-order valence-electron chi connectivity index (χ3n) is 3.47. The molecule has 0 bridgehead atoms. The van der Waals surface area contributed by atoms with Crippen LogP contribution >= 0.6 is 0 Å². The van der Waals surface area contributed by atoms with Gasteiger partial charge in [-0.3, -0.25) is 9.59 Å². The van der Waals surface area contributed by atoms with Crippen molar-refractivity contribution >= 4 is 11.6 Å². The molecular formula is C18H15N3O2. The SMILES string of the molecule is CN(C(=O)c1ccc(=O)n(-c2ccccc2)n1)c1ccccc1. The molecule has 0 saturated heterocycles. The second kappa shape index (κ2) is 6.27. The molecule has 0 aliphatic heterocycles. The van der Waals surface area contributed by atoms with E-state index in [2.05, 4.69) is 5.10 Å². The van der Waals surface area contributed by atoms with Crippen LogP contribution in [0.2, 0.25) is 0 Å². The molecule has 0 fully saturated rings. The van der Waals surface area contributed by atoms with Crippen molar-refractivity contribution in [1.29, 1.82) is 0 Å². The number of para-hydroxylation sites is 2. The first-order valence-corrected chi connectivity index (χ1v) is 7.16. The van der Waals surface area contributed by atoms with Crippen molar-refractivity contribution < 1.29 is 4.79 Å². The lowest BCUT2D eigenvalue weighted by Crippen LogP contribution is -2.30. The molecule has 114 valence electrons. The molecule has 0 N–H and O–H groups in total. The number of amides is 1. The van der Waals surface area contributed by atoms with Crippen molar-refractivity contribution in [3.05, 3.63) is 88.8 Å². The van der Waals surface area contributed by atoms with Crippen LogP contribution in [0.5, 0.6) is 0 Å². The van der Waals surface area contributed by atoms with Crippen molar-refractivity contribution in [3.63, 3.8) is 0 Å². The lowest BCUT2D eigenvalue weighted by molar-refractivity contribution is 0.0986. The molecular weight excluding hydrogens is 290 g/mol. The fourth-order valence-corrected chi connectivity index (χ4v) is 2.22. The Bertz CT molecular complexity index is 874. The summed E-state index contributed by atoms with van der Waals surface area (Å²) in [7, 11) is 1.68. The monoisotopic (exact) mass is 305 g/mol. The maximum Gasteiger partial charge on any atom is 0.278 e. The van der Waals surface area contributed by atoms with E-state index in [-0.39, 0.29) is 17.2 Å². The smallest absolute Gasteiger partial charge is 0.278 e. The number of aromatic nitrogens is 2. The van der Waals surface area contributed by atoms with Crippen LogP contribution in [0.1, 0.15) is 10.5 Å². The summed E-state index contributed by atoms with van der Waals surface area (Å²) in [6.45, 7) is 0. The molecule has 0 atom stereocenters. The summed E-state index contributed by atoms with van der Waals surface area (Å²) in [5.74, 6) is -0.277. The van der Waals surface area contributed by atoms with Gasteiger partial charge in [-0.25, -0.2) is 0 Å². The van der Waals surface area contributed by atoms with Gasteiger partial charge in [0.1, 0.15) is 5.69 Å². The molecule has 1 heterocycles. The predicted octanol–water partition coefficient (Wildman–Crippen LogP) is 2.51. The van der Waals surface area contributed by atoms with Crippen LogP contribution in [-0.4, -0.2) is 22.7 Å². The number of hydrogen-bond acceptors (Lipinski definition) is 3. The van der Waals surface area contributed by atoms with Crippen molar-refractivity contribution in [1.82, 2.24) is 9.78 Å². The first-order chi connectivity index (χ1) is 11.2. The molecule has 1 aromatic heterocycles. The van der Waals surface area contributed by atoms with Crippen LogP contribution in [0.3, 0.4) is 0 Å². The second-order valence-electron chi connectivity index (χ2n) is 5.00. The number of nitrogens with zero attached hydrogens (tertiary/aromatic N) is 3. The van der Waals surface area contributed by atoms with Gasteiger partial charge in [-0.1, -0.05) is 36.4 Å². The molecule has 0 saturated carbocycles. The first-order valence-electron chi connectivity index (χ1n) is 7.16. The summed E-state index contributed by atoms with van der Waals surface area (Å²) in [5, 5.41) is 4.20. The summed E-state index contributed by atoms with van der Waals surface area (Å²) in [5.41, 5.74) is 1.31. The number of hydrogen-bond donors (Lipinski definition) is 0. The first kappa shape index (κ1) is 14.7. The van der Waals surface area contributed by atoms with E-state index in [9.17, 15) is 9.59 Å². The van der Waals surface area contributed by atoms with Gasteiger partial charge in [0.15, 0.2) is 0 Å². The minimum atomic E-state index is -0.282. The highest BCUT2D eigenvalue weighted by atomic mass is 16.2. The minimum absolute atomic E-state index is 0.208. The van der Waals surface area contributed by atoms with Crippen molar-refractivity contribution in [2.75, 3.05) is 11.9 Å². The maximum atomic E-state index is 12.6. The Morgan fingerprint density at radius 3 is 2.17 bits per heavy atom. The molecule has 0 unspecified atom stereocenters. The number of carbonyl (C=O) groups is 1. The van der Waals surface area contributed by atoms with Gasteiger partial charge in [0.2, 0.25) is 0 Å². The van der Waals surface area contributed by atoms with E-state index in [1.807, 2.05) is 48.5 Å². The van der Waals surface area contributed by atoms with Crippen molar-refractivity contribution in [2.24, 2.45) is 0 Å². The highest BCUT2D eigenvalue weighted by Gasteiger charge is 2.16. The van der Waals surface area contributed by atoms with Crippen LogP contribution < -0.4 is 10.5 Å². The van der Waals surface area contributed by atoms with Gasteiger partial charge in [0, 0.05) is 18.8 Å². The Hall–Kier alpha value is -3.21. The third-order valence-corrected chi connectivity index (χ3v) is 3.47. The molecule has 23 heavy (non-hydrogen) atoms. The largest absolute Gasteiger partial charge is 0.310 e. The van der Waals surface area contributed by atoms with Gasteiger partial charge >= 0.3 is 0 Å². The molecule has 2 aromatic carbocycles. The summed E-state index contributed by atoms with van der Waals surface area (Å²) >= 11 is 0. The van der Waals surface area contributed by atoms with Gasteiger partial charge in [-0.2, -0.15) is 9.78 Å². The van der Waals surface area contributed by atoms with Crippen molar-refractivity contribution in [3.8, 4) is 5.69 Å². The molecule has 3 aromatic rings. The zero-order valence-electron chi connectivity index (χ0n) is 12.6. The summed E-state index contributed by atoms with van der Waals surface area (Å²) < 4.78 is 1.23. The van der Waals surface area contributed by atoms with Gasteiger partial charge in [0.05, 0.1) is 5.69 Å². The van der Waals surface area contributed by atoms with E-state index < -0.39 is 0 Å². The number of benzene rings is 2. The zero-order valence-corrected chi connectivity index (χ0v) is 12.6. The predicted molar refractivity (Wildman–Crippen MR) is 89.0 cm³/mol. The van der Waals surface area contributed by atoms with Crippen molar-refractivity contribution in [2.45, 2.75) is 0 Å². The quantitative estimate of drug-likeness (QED) is 0.747. The van der Waals surface area contributed by atoms with E-state index in [4.69, 9.17) is 0 Å². The zero-order chi connectivity index (χ0) is 16.2. The van der Waals surface area contributed by atoms with E-state index in [0.29, 0.717) is 5.69 Å². The summed E-state index contributed by atoms with van der Waals surface area (Å²) in [6.07, 6.45) is 0. The minimum Gasteiger partial charge on any atom is -0.310 e. The number of carbonyl (C=O) groups excluding carboxylic acids is 1. The molecule has 3 rings (SSSR count). The maximum absolute atomic E-state index is 12.6. The highest BCUT2D eigenvalue weighted by molar-refractivity contribution is 6.04. The fourth-order valence-electron chi connectivity index (χ4n) is 2.22. The average Bonchev–Trinajstić information content (AvgIpc) is 2.62. The Kier molecular flexibility index (Phi) is 4.01.